The van der Waals surface area contributed by atoms with Crippen molar-refractivity contribution in [3.63, 3.8) is 0 Å². The normalized spacial score (nSPS) is 19.2. The summed E-state index contributed by atoms with van der Waals surface area (Å²) in [5.41, 5.74) is 0.782. The van der Waals surface area contributed by atoms with Crippen molar-refractivity contribution < 1.29 is 19.1 Å². The predicted octanol–water partition coefficient (Wildman–Crippen LogP) is 3.59. The molecule has 7 nitrogen and oxygen atoms in total. The van der Waals surface area contributed by atoms with Crippen LogP contribution in [0.2, 0.25) is 0 Å². The standard InChI is InChI=1S/C22H33N3O4/c1-22(2,3)19(29-21(27)25-12-7-13-25)24-14-10-18(11-15-24)23-20(26)28-16-17-8-5-4-6-9-17/h4-6,8-9,18-19H,7,10-16H2,1-3H3,(H,23,26). The number of rotatable bonds is 5. The number of ether oxygens (including phenoxy) is 2. The minimum atomic E-state index is -0.385. The SMILES string of the molecule is CC(C)(C)C(OC(=O)N1CCC1)N1CCC(NC(=O)OCc2ccccc2)CC1. The van der Waals surface area contributed by atoms with Crippen LogP contribution in [0.1, 0.15) is 45.6 Å². The molecule has 2 fully saturated rings. The van der Waals surface area contributed by atoms with Gasteiger partial charge in [0.15, 0.2) is 6.23 Å². The summed E-state index contributed by atoms with van der Waals surface area (Å²) in [6.07, 6.45) is 1.77. The van der Waals surface area contributed by atoms with Crippen LogP contribution in [-0.2, 0) is 16.1 Å². The van der Waals surface area contributed by atoms with Crippen molar-refractivity contribution in [3.05, 3.63) is 35.9 Å². The highest BCUT2D eigenvalue weighted by molar-refractivity contribution is 5.68. The third-order valence-electron chi connectivity index (χ3n) is 5.46. The lowest BCUT2D eigenvalue weighted by Crippen LogP contribution is -2.55. The number of hydrogen-bond acceptors (Lipinski definition) is 5. The second kappa shape index (κ2) is 9.48. The zero-order valence-corrected chi connectivity index (χ0v) is 17.7. The molecule has 0 radical (unpaired) electrons. The Morgan fingerprint density at radius 1 is 1.10 bits per heavy atom. The molecule has 2 saturated heterocycles. The van der Waals surface area contributed by atoms with Gasteiger partial charge in [-0.1, -0.05) is 51.1 Å². The molecule has 1 aromatic rings. The van der Waals surface area contributed by atoms with E-state index in [1.54, 1.807) is 4.90 Å². The minimum Gasteiger partial charge on any atom is -0.445 e. The van der Waals surface area contributed by atoms with Gasteiger partial charge in [-0.25, -0.2) is 9.59 Å². The number of carbonyl (C=O) groups is 2. The number of alkyl carbamates (subject to hydrolysis) is 1. The van der Waals surface area contributed by atoms with E-state index >= 15 is 0 Å². The highest BCUT2D eigenvalue weighted by Gasteiger charge is 2.37. The Balaban J connectivity index is 1.45. The maximum absolute atomic E-state index is 12.3. The number of hydrogen-bond donors (Lipinski definition) is 1. The molecule has 1 aromatic carbocycles. The summed E-state index contributed by atoms with van der Waals surface area (Å²) >= 11 is 0. The fourth-order valence-electron chi connectivity index (χ4n) is 3.68. The Morgan fingerprint density at radius 2 is 1.76 bits per heavy atom. The average Bonchev–Trinajstić information content (AvgIpc) is 2.64. The third-order valence-corrected chi connectivity index (χ3v) is 5.46. The van der Waals surface area contributed by atoms with E-state index in [0.717, 1.165) is 51.0 Å². The van der Waals surface area contributed by atoms with Gasteiger partial charge in [0.1, 0.15) is 6.61 Å². The Bertz CT molecular complexity index is 677. The van der Waals surface area contributed by atoms with Gasteiger partial charge in [-0.3, -0.25) is 4.90 Å². The Kier molecular flexibility index (Phi) is 7.00. The van der Waals surface area contributed by atoms with Gasteiger partial charge in [-0.15, -0.1) is 0 Å². The highest BCUT2D eigenvalue weighted by Crippen LogP contribution is 2.29. The second-order valence-electron chi connectivity index (χ2n) is 8.96. The van der Waals surface area contributed by atoms with Crippen molar-refractivity contribution in [2.24, 2.45) is 5.41 Å². The van der Waals surface area contributed by atoms with Crippen molar-refractivity contribution in [2.45, 2.75) is 58.9 Å². The maximum atomic E-state index is 12.3. The number of amides is 2. The molecule has 7 heteroatoms. The number of benzene rings is 1. The number of nitrogens with one attached hydrogen (secondary N) is 1. The van der Waals surface area contributed by atoms with E-state index < -0.39 is 0 Å². The summed E-state index contributed by atoms with van der Waals surface area (Å²) in [6, 6.07) is 9.71. The van der Waals surface area contributed by atoms with Crippen LogP contribution in [0.5, 0.6) is 0 Å². The van der Waals surface area contributed by atoms with Crippen LogP contribution in [-0.4, -0.2) is 60.4 Å². The lowest BCUT2D eigenvalue weighted by molar-refractivity contribution is -0.0989. The lowest BCUT2D eigenvalue weighted by atomic mass is 9.91. The van der Waals surface area contributed by atoms with Crippen LogP contribution >= 0.6 is 0 Å². The molecule has 0 aliphatic carbocycles. The maximum Gasteiger partial charge on any atom is 0.411 e. The first-order valence-electron chi connectivity index (χ1n) is 10.5. The van der Waals surface area contributed by atoms with E-state index in [-0.39, 0.29) is 36.5 Å². The van der Waals surface area contributed by atoms with Crippen molar-refractivity contribution in [1.29, 1.82) is 0 Å². The van der Waals surface area contributed by atoms with E-state index in [1.165, 1.54) is 0 Å². The minimum absolute atomic E-state index is 0.0706. The summed E-state index contributed by atoms with van der Waals surface area (Å²) in [4.78, 5) is 28.4. The topological polar surface area (TPSA) is 71.1 Å². The molecule has 29 heavy (non-hydrogen) atoms. The van der Waals surface area contributed by atoms with Gasteiger partial charge in [-0.05, 0) is 24.8 Å². The van der Waals surface area contributed by atoms with Gasteiger partial charge < -0.3 is 19.7 Å². The van der Waals surface area contributed by atoms with Crippen LogP contribution < -0.4 is 5.32 Å². The fourth-order valence-corrected chi connectivity index (χ4v) is 3.68. The second-order valence-corrected chi connectivity index (χ2v) is 8.96. The van der Waals surface area contributed by atoms with Crippen molar-refractivity contribution >= 4 is 12.2 Å². The summed E-state index contributed by atoms with van der Waals surface area (Å²) in [5, 5.41) is 2.96. The molecule has 0 bridgehead atoms. The molecule has 0 aromatic heterocycles. The fraction of sp³-hybridized carbons (Fsp3) is 0.636. The van der Waals surface area contributed by atoms with Gasteiger partial charge in [0.25, 0.3) is 0 Å². The summed E-state index contributed by atoms with van der Waals surface area (Å²) in [5.74, 6) is 0. The summed E-state index contributed by atoms with van der Waals surface area (Å²) < 4.78 is 11.2. The molecule has 0 spiro atoms. The van der Waals surface area contributed by atoms with E-state index in [9.17, 15) is 9.59 Å². The molecule has 1 unspecified atom stereocenters. The molecule has 1 N–H and O–H groups in total. The highest BCUT2D eigenvalue weighted by atomic mass is 16.6. The van der Waals surface area contributed by atoms with Crippen LogP contribution in [0.3, 0.4) is 0 Å². The predicted molar refractivity (Wildman–Crippen MR) is 110 cm³/mol. The third kappa shape index (κ3) is 6.10. The molecule has 2 amide bonds. The van der Waals surface area contributed by atoms with E-state index in [0.29, 0.717) is 0 Å². The van der Waals surface area contributed by atoms with Crippen LogP contribution in [0.25, 0.3) is 0 Å². The number of likely N-dealkylation sites (tertiary alicyclic amines) is 2. The molecule has 1 atom stereocenters. The molecule has 2 heterocycles. The average molecular weight is 404 g/mol. The first-order chi connectivity index (χ1) is 13.8. The molecular formula is C22H33N3O4. The van der Waals surface area contributed by atoms with Gasteiger partial charge in [-0.2, -0.15) is 0 Å². The molecule has 3 rings (SSSR count). The van der Waals surface area contributed by atoms with Crippen LogP contribution in [0.15, 0.2) is 30.3 Å². The number of nitrogens with zero attached hydrogens (tertiary/aromatic N) is 2. The van der Waals surface area contributed by atoms with Crippen LogP contribution in [0.4, 0.5) is 9.59 Å². The monoisotopic (exact) mass is 403 g/mol. The molecule has 0 saturated carbocycles. The van der Waals surface area contributed by atoms with E-state index in [1.807, 2.05) is 30.3 Å². The molecule has 2 aliphatic heterocycles. The zero-order valence-electron chi connectivity index (χ0n) is 17.7. The number of carbonyl (C=O) groups excluding carboxylic acids is 2. The molecule has 2 aliphatic rings. The van der Waals surface area contributed by atoms with E-state index in [4.69, 9.17) is 9.47 Å². The van der Waals surface area contributed by atoms with Crippen molar-refractivity contribution in [1.82, 2.24) is 15.1 Å². The van der Waals surface area contributed by atoms with Gasteiger partial charge in [0, 0.05) is 37.6 Å². The number of piperidine rings is 1. The Labute approximate surface area is 173 Å². The quantitative estimate of drug-likeness (QED) is 0.813. The first-order valence-corrected chi connectivity index (χ1v) is 10.5. The van der Waals surface area contributed by atoms with Gasteiger partial charge >= 0.3 is 12.2 Å². The van der Waals surface area contributed by atoms with E-state index in [2.05, 4.69) is 31.0 Å². The Morgan fingerprint density at radius 3 is 2.31 bits per heavy atom. The van der Waals surface area contributed by atoms with Gasteiger partial charge in [0.05, 0.1) is 0 Å². The summed E-state index contributed by atoms with van der Waals surface area (Å²) in [7, 11) is 0. The smallest absolute Gasteiger partial charge is 0.411 e. The summed E-state index contributed by atoms with van der Waals surface area (Å²) in [6.45, 7) is 9.63. The lowest BCUT2D eigenvalue weighted by Gasteiger charge is -2.43. The van der Waals surface area contributed by atoms with Gasteiger partial charge in [0.2, 0.25) is 0 Å². The largest absolute Gasteiger partial charge is 0.445 e. The van der Waals surface area contributed by atoms with Crippen LogP contribution in [0, 0.1) is 5.41 Å². The molecule has 160 valence electrons. The van der Waals surface area contributed by atoms with Crippen molar-refractivity contribution in [3.8, 4) is 0 Å². The Hall–Kier alpha value is -2.28. The zero-order chi connectivity index (χ0) is 20.9. The van der Waals surface area contributed by atoms with Crippen molar-refractivity contribution in [2.75, 3.05) is 26.2 Å². The molecular weight excluding hydrogens is 370 g/mol. The first kappa shape index (κ1) is 21.4.